The average molecular weight is 279 g/mol. The summed E-state index contributed by atoms with van der Waals surface area (Å²) in [6, 6.07) is 4.03. The molecule has 5 heteroatoms. The number of hydrogen-bond acceptors (Lipinski definition) is 4. The van der Waals surface area contributed by atoms with Crippen molar-refractivity contribution in [2.24, 2.45) is 0 Å². The Labute approximate surface area is 121 Å². The van der Waals surface area contributed by atoms with Crippen LogP contribution in [-0.2, 0) is 16.0 Å². The molecule has 0 aliphatic rings. The molecule has 0 fully saturated rings. The van der Waals surface area contributed by atoms with E-state index in [2.05, 4.69) is 35.1 Å². The van der Waals surface area contributed by atoms with Gasteiger partial charge in [0.05, 0.1) is 6.61 Å². The Bertz CT molecular complexity index is 406. The van der Waals surface area contributed by atoms with Crippen LogP contribution in [0.1, 0.15) is 25.8 Å². The fourth-order valence-corrected chi connectivity index (χ4v) is 1.98. The highest BCUT2D eigenvalue weighted by molar-refractivity contribution is 5.76. The molecule has 0 spiro atoms. The highest BCUT2D eigenvalue weighted by Gasteiger charge is 2.06. The molecule has 0 aliphatic heterocycles. The van der Waals surface area contributed by atoms with Crippen LogP contribution in [0.15, 0.2) is 18.3 Å². The number of carbonyl (C=O) groups is 1. The smallest absolute Gasteiger partial charge is 0.220 e. The molecule has 0 unspecified atom stereocenters. The van der Waals surface area contributed by atoms with Crippen molar-refractivity contribution in [3.8, 4) is 0 Å². The van der Waals surface area contributed by atoms with Crippen molar-refractivity contribution in [1.29, 1.82) is 0 Å². The molecule has 0 aliphatic carbocycles. The van der Waals surface area contributed by atoms with Gasteiger partial charge in [-0.1, -0.05) is 0 Å². The lowest BCUT2D eigenvalue weighted by Gasteiger charge is -2.20. The van der Waals surface area contributed by atoms with E-state index in [1.165, 1.54) is 0 Å². The molecule has 1 rings (SSSR count). The summed E-state index contributed by atoms with van der Waals surface area (Å²) in [6.07, 6.45) is 3.03. The third-order valence-electron chi connectivity index (χ3n) is 3.17. The molecule has 5 nitrogen and oxygen atoms in total. The summed E-state index contributed by atoms with van der Waals surface area (Å²) in [5.41, 5.74) is 1.14. The van der Waals surface area contributed by atoms with E-state index in [0.29, 0.717) is 19.6 Å². The van der Waals surface area contributed by atoms with Gasteiger partial charge in [0, 0.05) is 39.4 Å². The molecular formula is C15H25N3O2. The van der Waals surface area contributed by atoms with Crippen molar-refractivity contribution >= 4 is 11.7 Å². The number of pyridine rings is 1. The number of aromatic nitrogens is 1. The zero-order valence-electron chi connectivity index (χ0n) is 12.7. The number of carbonyl (C=O) groups excluding carboxylic acids is 1. The first-order chi connectivity index (χ1) is 9.71. The van der Waals surface area contributed by atoms with Crippen LogP contribution in [0.3, 0.4) is 0 Å². The zero-order chi connectivity index (χ0) is 14.8. The van der Waals surface area contributed by atoms with Crippen LogP contribution in [-0.4, -0.2) is 44.2 Å². The maximum absolute atomic E-state index is 11.6. The van der Waals surface area contributed by atoms with Gasteiger partial charge in [-0.3, -0.25) is 4.79 Å². The molecule has 1 aromatic rings. The first-order valence-electron chi connectivity index (χ1n) is 7.16. The summed E-state index contributed by atoms with van der Waals surface area (Å²) >= 11 is 0. The summed E-state index contributed by atoms with van der Waals surface area (Å²) in [7, 11) is 1.62. The van der Waals surface area contributed by atoms with Gasteiger partial charge in [-0.05, 0) is 38.0 Å². The minimum atomic E-state index is 0.0586. The molecule has 1 N–H and O–H groups in total. The number of amides is 1. The van der Waals surface area contributed by atoms with Gasteiger partial charge in [-0.2, -0.15) is 0 Å². The Balaban J connectivity index is 2.48. The number of anilines is 1. The quantitative estimate of drug-likeness (QED) is 0.698. The van der Waals surface area contributed by atoms with Crippen LogP contribution in [0.25, 0.3) is 0 Å². The van der Waals surface area contributed by atoms with Crippen LogP contribution in [0.4, 0.5) is 5.82 Å². The number of ether oxygens (including phenoxy) is 1. The Morgan fingerprint density at radius 2 is 2.15 bits per heavy atom. The lowest BCUT2D eigenvalue weighted by molar-refractivity contribution is -0.121. The number of hydrogen-bond donors (Lipinski definition) is 1. The maximum atomic E-state index is 11.6. The van der Waals surface area contributed by atoms with Crippen molar-refractivity contribution in [3.63, 3.8) is 0 Å². The average Bonchev–Trinajstić information content (AvgIpc) is 2.47. The number of methoxy groups -OCH3 is 1. The molecule has 0 atom stereocenters. The van der Waals surface area contributed by atoms with Gasteiger partial charge in [0.25, 0.3) is 0 Å². The highest BCUT2D eigenvalue weighted by Crippen LogP contribution is 2.13. The number of nitrogens with one attached hydrogen (secondary N) is 1. The largest absolute Gasteiger partial charge is 0.383 e. The number of aryl methyl sites for hydroxylation is 1. The van der Waals surface area contributed by atoms with Crippen molar-refractivity contribution in [2.75, 3.05) is 38.3 Å². The van der Waals surface area contributed by atoms with E-state index < -0.39 is 0 Å². The zero-order valence-corrected chi connectivity index (χ0v) is 12.7. The van der Waals surface area contributed by atoms with Crippen LogP contribution < -0.4 is 10.2 Å². The second-order valence-corrected chi connectivity index (χ2v) is 4.54. The van der Waals surface area contributed by atoms with Gasteiger partial charge in [0.1, 0.15) is 5.82 Å². The van der Waals surface area contributed by atoms with Crippen molar-refractivity contribution < 1.29 is 9.53 Å². The van der Waals surface area contributed by atoms with Gasteiger partial charge in [-0.15, -0.1) is 0 Å². The van der Waals surface area contributed by atoms with Gasteiger partial charge >= 0.3 is 0 Å². The van der Waals surface area contributed by atoms with E-state index in [1.807, 2.05) is 12.3 Å². The minimum Gasteiger partial charge on any atom is -0.383 e. The van der Waals surface area contributed by atoms with Crippen LogP contribution >= 0.6 is 0 Å². The van der Waals surface area contributed by atoms with Gasteiger partial charge < -0.3 is 15.0 Å². The van der Waals surface area contributed by atoms with E-state index >= 15 is 0 Å². The second kappa shape index (κ2) is 9.31. The van der Waals surface area contributed by atoms with Gasteiger partial charge in [-0.25, -0.2) is 4.98 Å². The molecule has 0 aromatic carbocycles. The third-order valence-corrected chi connectivity index (χ3v) is 3.17. The first kappa shape index (κ1) is 16.4. The predicted molar refractivity (Wildman–Crippen MR) is 81.0 cm³/mol. The maximum Gasteiger partial charge on any atom is 0.220 e. The summed E-state index contributed by atoms with van der Waals surface area (Å²) in [5, 5.41) is 2.82. The number of nitrogens with zero attached hydrogens (tertiary/aromatic N) is 2. The molecule has 0 saturated heterocycles. The van der Waals surface area contributed by atoms with Crippen LogP contribution in [0, 0.1) is 0 Å². The summed E-state index contributed by atoms with van der Waals surface area (Å²) in [6.45, 7) is 7.21. The molecule has 112 valence electrons. The molecule has 1 heterocycles. The molecule has 0 bridgehead atoms. The Hall–Kier alpha value is -1.62. The number of rotatable bonds is 9. The molecular weight excluding hydrogens is 254 g/mol. The van der Waals surface area contributed by atoms with E-state index in [9.17, 15) is 4.79 Å². The lowest BCUT2D eigenvalue weighted by Crippen LogP contribution is -2.27. The Morgan fingerprint density at radius 3 is 2.80 bits per heavy atom. The molecule has 0 saturated carbocycles. The van der Waals surface area contributed by atoms with E-state index in [-0.39, 0.29) is 5.91 Å². The fraction of sp³-hybridized carbons (Fsp3) is 0.600. The summed E-state index contributed by atoms with van der Waals surface area (Å²) in [4.78, 5) is 18.2. The van der Waals surface area contributed by atoms with E-state index in [1.54, 1.807) is 7.11 Å². The fourth-order valence-electron chi connectivity index (χ4n) is 1.98. The van der Waals surface area contributed by atoms with Gasteiger partial charge in [0.15, 0.2) is 0 Å². The topological polar surface area (TPSA) is 54.5 Å². The van der Waals surface area contributed by atoms with Crippen molar-refractivity contribution in [3.05, 3.63) is 23.9 Å². The second-order valence-electron chi connectivity index (χ2n) is 4.54. The minimum absolute atomic E-state index is 0.0586. The van der Waals surface area contributed by atoms with Crippen LogP contribution in [0.5, 0.6) is 0 Å². The Morgan fingerprint density at radius 1 is 1.40 bits per heavy atom. The molecule has 1 amide bonds. The molecule has 1 aromatic heterocycles. The lowest BCUT2D eigenvalue weighted by atomic mass is 10.1. The summed E-state index contributed by atoms with van der Waals surface area (Å²) < 4.78 is 4.89. The van der Waals surface area contributed by atoms with E-state index in [0.717, 1.165) is 30.9 Å². The summed E-state index contributed by atoms with van der Waals surface area (Å²) in [5.74, 6) is 1.04. The predicted octanol–water partition coefficient (Wildman–Crippen LogP) is 1.62. The molecule has 20 heavy (non-hydrogen) atoms. The normalized spacial score (nSPS) is 10.3. The monoisotopic (exact) mass is 279 g/mol. The molecule has 0 radical (unpaired) electrons. The Kier molecular flexibility index (Phi) is 7.65. The standard InChI is InChI=1S/C15H25N3O2/c1-4-18(5-2)14-12-13(8-9-16-14)6-7-15(19)17-10-11-20-3/h8-9,12H,4-7,10-11H2,1-3H3,(H,17,19). The van der Waals surface area contributed by atoms with E-state index in [4.69, 9.17) is 4.74 Å². The first-order valence-corrected chi connectivity index (χ1v) is 7.16. The highest BCUT2D eigenvalue weighted by atomic mass is 16.5. The van der Waals surface area contributed by atoms with Crippen LogP contribution in [0.2, 0.25) is 0 Å². The van der Waals surface area contributed by atoms with Crippen molar-refractivity contribution in [2.45, 2.75) is 26.7 Å². The van der Waals surface area contributed by atoms with Crippen molar-refractivity contribution in [1.82, 2.24) is 10.3 Å². The SMILES string of the molecule is CCN(CC)c1cc(CCC(=O)NCCOC)ccn1. The van der Waals surface area contributed by atoms with Gasteiger partial charge in [0.2, 0.25) is 5.91 Å². The third kappa shape index (κ3) is 5.57.